The fourth-order valence-electron chi connectivity index (χ4n) is 1.61. The van der Waals surface area contributed by atoms with E-state index in [0.29, 0.717) is 5.56 Å². The third-order valence-electron chi connectivity index (χ3n) is 2.43. The zero-order valence-electron chi connectivity index (χ0n) is 8.60. The third-order valence-corrected chi connectivity index (χ3v) is 2.43. The Bertz CT molecular complexity index is 497. The van der Waals surface area contributed by atoms with E-state index in [1.807, 2.05) is 13.0 Å². The van der Waals surface area contributed by atoms with Gasteiger partial charge in [0.25, 0.3) is 0 Å². The van der Waals surface area contributed by atoms with E-state index in [0.717, 1.165) is 23.4 Å². The molecule has 4 heteroatoms. The number of benzene rings is 1. The highest BCUT2D eigenvalue weighted by atomic mass is 19.4. The number of aromatic nitrogens is 1. The maximum atomic E-state index is 12.5. The summed E-state index contributed by atoms with van der Waals surface area (Å²) in [6, 6.07) is 7.13. The van der Waals surface area contributed by atoms with Gasteiger partial charge >= 0.3 is 6.18 Å². The molecule has 0 saturated carbocycles. The lowest BCUT2D eigenvalue weighted by molar-refractivity contribution is -0.137. The molecule has 0 bridgehead atoms. The van der Waals surface area contributed by atoms with Gasteiger partial charge in [0.05, 0.1) is 5.56 Å². The highest BCUT2D eigenvalue weighted by molar-refractivity contribution is 5.64. The first kappa shape index (κ1) is 10.8. The largest absolute Gasteiger partial charge is 0.416 e. The first-order valence-corrected chi connectivity index (χ1v) is 4.80. The molecule has 0 aliphatic carbocycles. The fourth-order valence-corrected chi connectivity index (χ4v) is 1.61. The molecule has 0 fully saturated rings. The van der Waals surface area contributed by atoms with Crippen molar-refractivity contribution < 1.29 is 13.2 Å². The third kappa shape index (κ3) is 1.96. The molecule has 0 radical (unpaired) electrons. The number of H-pyrrole nitrogens is 1. The van der Waals surface area contributed by atoms with Gasteiger partial charge in [-0.25, -0.2) is 0 Å². The fraction of sp³-hybridized carbons (Fsp3) is 0.167. The van der Waals surface area contributed by atoms with Gasteiger partial charge in [-0.1, -0.05) is 12.1 Å². The van der Waals surface area contributed by atoms with Crippen LogP contribution in [0.4, 0.5) is 13.2 Å². The molecule has 0 aliphatic rings. The molecular formula is C12H10F3N. The van der Waals surface area contributed by atoms with Gasteiger partial charge in [-0.05, 0) is 36.2 Å². The molecular weight excluding hydrogens is 215 g/mol. The summed E-state index contributed by atoms with van der Waals surface area (Å²) < 4.78 is 37.5. The Labute approximate surface area is 90.9 Å². The van der Waals surface area contributed by atoms with Crippen molar-refractivity contribution in [3.63, 3.8) is 0 Å². The van der Waals surface area contributed by atoms with Crippen molar-refractivity contribution >= 4 is 0 Å². The zero-order chi connectivity index (χ0) is 11.8. The molecule has 2 aromatic rings. The van der Waals surface area contributed by atoms with Crippen LogP contribution in [0.1, 0.15) is 11.1 Å². The van der Waals surface area contributed by atoms with E-state index in [1.54, 1.807) is 12.3 Å². The Morgan fingerprint density at radius 2 is 1.88 bits per heavy atom. The van der Waals surface area contributed by atoms with Crippen LogP contribution in [0.25, 0.3) is 11.3 Å². The normalized spacial score (nSPS) is 11.8. The average Bonchev–Trinajstić information content (AvgIpc) is 2.63. The second-order valence-electron chi connectivity index (χ2n) is 3.61. The van der Waals surface area contributed by atoms with Gasteiger partial charge in [-0.2, -0.15) is 13.2 Å². The number of hydrogen-bond donors (Lipinski definition) is 1. The topological polar surface area (TPSA) is 15.8 Å². The Morgan fingerprint density at radius 1 is 1.12 bits per heavy atom. The van der Waals surface area contributed by atoms with Crippen LogP contribution in [-0.2, 0) is 6.18 Å². The average molecular weight is 225 g/mol. The van der Waals surface area contributed by atoms with Gasteiger partial charge in [0.2, 0.25) is 0 Å². The minimum atomic E-state index is -4.30. The van der Waals surface area contributed by atoms with Crippen LogP contribution in [0.3, 0.4) is 0 Å². The lowest BCUT2D eigenvalue weighted by Gasteiger charge is -2.08. The van der Waals surface area contributed by atoms with Crippen LogP contribution in [0.15, 0.2) is 36.5 Å². The molecule has 0 aliphatic heterocycles. The molecule has 1 nitrogen and oxygen atoms in total. The predicted octanol–water partition coefficient (Wildman–Crippen LogP) is 4.01. The van der Waals surface area contributed by atoms with E-state index in [4.69, 9.17) is 0 Å². The summed E-state index contributed by atoms with van der Waals surface area (Å²) in [7, 11) is 0. The van der Waals surface area contributed by atoms with E-state index in [-0.39, 0.29) is 0 Å². The van der Waals surface area contributed by atoms with E-state index in [2.05, 4.69) is 4.98 Å². The van der Waals surface area contributed by atoms with Crippen molar-refractivity contribution in [1.82, 2.24) is 4.98 Å². The summed E-state index contributed by atoms with van der Waals surface area (Å²) in [5, 5.41) is 0. The number of nitrogens with one attached hydrogen (secondary N) is 1. The maximum absolute atomic E-state index is 12.5. The van der Waals surface area contributed by atoms with Gasteiger partial charge in [0, 0.05) is 11.9 Å². The van der Waals surface area contributed by atoms with Crippen molar-refractivity contribution in [2.75, 3.05) is 0 Å². The molecule has 2 rings (SSSR count). The number of hydrogen-bond acceptors (Lipinski definition) is 0. The minimum Gasteiger partial charge on any atom is -0.361 e. The Morgan fingerprint density at radius 3 is 2.44 bits per heavy atom. The summed E-state index contributed by atoms with van der Waals surface area (Å²) in [6.45, 7) is 1.85. The number of alkyl halides is 3. The SMILES string of the molecule is Cc1cc[nH]c1-c1cccc(C(F)(F)F)c1. The zero-order valence-corrected chi connectivity index (χ0v) is 8.60. The number of aromatic amines is 1. The highest BCUT2D eigenvalue weighted by Crippen LogP contribution is 2.32. The molecule has 16 heavy (non-hydrogen) atoms. The molecule has 1 aromatic heterocycles. The molecule has 1 N–H and O–H groups in total. The Balaban J connectivity index is 2.49. The second kappa shape index (κ2) is 3.70. The van der Waals surface area contributed by atoms with Crippen LogP contribution < -0.4 is 0 Å². The summed E-state index contributed by atoms with van der Waals surface area (Å²) in [6.07, 6.45) is -2.58. The van der Waals surface area contributed by atoms with Crippen molar-refractivity contribution in [1.29, 1.82) is 0 Å². The first-order chi connectivity index (χ1) is 7.48. The summed E-state index contributed by atoms with van der Waals surface area (Å²) in [4.78, 5) is 2.93. The van der Waals surface area contributed by atoms with Gasteiger partial charge in [-0.15, -0.1) is 0 Å². The van der Waals surface area contributed by atoms with Gasteiger partial charge in [-0.3, -0.25) is 0 Å². The quantitative estimate of drug-likeness (QED) is 0.754. The molecule has 0 unspecified atom stereocenters. The molecule has 84 valence electrons. The van der Waals surface area contributed by atoms with Crippen LogP contribution in [-0.4, -0.2) is 4.98 Å². The van der Waals surface area contributed by atoms with Crippen molar-refractivity contribution in [2.45, 2.75) is 13.1 Å². The van der Waals surface area contributed by atoms with Crippen molar-refractivity contribution in [3.05, 3.63) is 47.7 Å². The minimum absolute atomic E-state index is 0.553. The number of aryl methyl sites for hydroxylation is 1. The van der Waals surface area contributed by atoms with E-state index in [1.165, 1.54) is 6.07 Å². The van der Waals surface area contributed by atoms with Crippen molar-refractivity contribution in [2.24, 2.45) is 0 Å². The van der Waals surface area contributed by atoms with Crippen molar-refractivity contribution in [3.8, 4) is 11.3 Å². The Hall–Kier alpha value is -1.71. The lowest BCUT2D eigenvalue weighted by atomic mass is 10.1. The van der Waals surface area contributed by atoms with E-state index >= 15 is 0 Å². The maximum Gasteiger partial charge on any atom is 0.416 e. The number of halogens is 3. The number of rotatable bonds is 1. The molecule has 0 atom stereocenters. The molecule has 1 heterocycles. The smallest absolute Gasteiger partial charge is 0.361 e. The molecule has 0 amide bonds. The summed E-state index contributed by atoms with van der Waals surface area (Å²) >= 11 is 0. The molecule has 0 spiro atoms. The summed E-state index contributed by atoms with van der Waals surface area (Å²) in [5.41, 5.74) is 1.58. The molecule has 0 saturated heterocycles. The van der Waals surface area contributed by atoms with E-state index in [9.17, 15) is 13.2 Å². The second-order valence-corrected chi connectivity index (χ2v) is 3.61. The van der Waals surface area contributed by atoms with E-state index < -0.39 is 11.7 Å². The summed E-state index contributed by atoms with van der Waals surface area (Å²) in [5.74, 6) is 0. The predicted molar refractivity (Wildman–Crippen MR) is 56.0 cm³/mol. The van der Waals surface area contributed by atoms with Crippen LogP contribution in [0.2, 0.25) is 0 Å². The van der Waals surface area contributed by atoms with Gasteiger partial charge in [0.15, 0.2) is 0 Å². The first-order valence-electron chi connectivity index (χ1n) is 4.80. The standard InChI is InChI=1S/C12H10F3N/c1-8-5-6-16-11(8)9-3-2-4-10(7-9)12(13,14)15/h2-7,16H,1H3. The van der Waals surface area contributed by atoms with Gasteiger partial charge in [0.1, 0.15) is 0 Å². The van der Waals surface area contributed by atoms with Crippen LogP contribution >= 0.6 is 0 Å². The monoisotopic (exact) mass is 225 g/mol. The highest BCUT2D eigenvalue weighted by Gasteiger charge is 2.30. The Kier molecular flexibility index (Phi) is 2.50. The lowest BCUT2D eigenvalue weighted by Crippen LogP contribution is -2.04. The van der Waals surface area contributed by atoms with Crippen LogP contribution in [0, 0.1) is 6.92 Å². The van der Waals surface area contributed by atoms with Gasteiger partial charge < -0.3 is 4.98 Å². The van der Waals surface area contributed by atoms with Crippen LogP contribution in [0.5, 0.6) is 0 Å². The molecule has 1 aromatic carbocycles.